The second-order valence-electron chi connectivity index (χ2n) is 6.07. The summed E-state index contributed by atoms with van der Waals surface area (Å²) in [7, 11) is 0. The van der Waals surface area contributed by atoms with E-state index in [1.807, 2.05) is 24.3 Å². The number of ether oxygens (including phenoxy) is 2. The monoisotopic (exact) mass is 300 g/mol. The van der Waals surface area contributed by atoms with Crippen molar-refractivity contribution >= 4 is 0 Å². The molecule has 5 heteroatoms. The van der Waals surface area contributed by atoms with Gasteiger partial charge in [-0.25, -0.2) is 0 Å². The Labute approximate surface area is 129 Å². The standard InChI is InChI=1S/C17H20N2O3/c1-2-6-14(5-1)21-15-7-3-4-12(10-15)17-18-16(19-22-17)13-8-9-20-11-13/h3-4,7,10,13-14H,1-2,5-6,8-9,11H2. The van der Waals surface area contributed by atoms with Crippen molar-refractivity contribution in [3.8, 4) is 17.2 Å². The van der Waals surface area contributed by atoms with E-state index in [9.17, 15) is 0 Å². The fourth-order valence-corrected chi connectivity index (χ4v) is 3.16. The zero-order valence-corrected chi connectivity index (χ0v) is 12.5. The summed E-state index contributed by atoms with van der Waals surface area (Å²) in [6, 6.07) is 7.93. The normalized spacial score (nSPS) is 22.3. The second kappa shape index (κ2) is 6.08. The summed E-state index contributed by atoms with van der Waals surface area (Å²) in [6.45, 7) is 1.46. The highest BCUT2D eigenvalue weighted by Crippen LogP contribution is 2.29. The Balaban J connectivity index is 1.51. The van der Waals surface area contributed by atoms with E-state index < -0.39 is 0 Å². The zero-order chi connectivity index (χ0) is 14.8. The Morgan fingerprint density at radius 3 is 2.86 bits per heavy atom. The Bertz CT molecular complexity index is 628. The summed E-state index contributed by atoms with van der Waals surface area (Å²) in [5.41, 5.74) is 0.910. The van der Waals surface area contributed by atoms with Gasteiger partial charge >= 0.3 is 0 Å². The van der Waals surface area contributed by atoms with Gasteiger partial charge in [0.25, 0.3) is 5.89 Å². The van der Waals surface area contributed by atoms with Crippen molar-refractivity contribution in [3.05, 3.63) is 30.1 Å². The molecule has 1 saturated carbocycles. The maximum Gasteiger partial charge on any atom is 0.258 e. The van der Waals surface area contributed by atoms with Crippen molar-refractivity contribution in [2.75, 3.05) is 13.2 Å². The molecule has 4 rings (SSSR count). The van der Waals surface area contributed by atoms with Crippen LogP contribution in [0.4, 0.5) is 0 Å². The minimum Gasteiger partial charge on any atom is -0.490 e. The average Bonchev–Trinajstić information content (AvgIpc) is 3.29. The van der Waals surface area contributed by atoms with Crippen LogP contribution in [0.15, 0.2) is 28.8 Å². The third kappa shape index (κ3) is 2.86. The highest BCUT2D eigenvalue weighted by atomic mass is 16.5. The molecule has 2 fully saturated rings. The molecule has 0 N–H and O–H groups in total. The lowest BCUT2D eigenvalue weighted by atomic mass is 10.1. The van der Waals surface area contributed by atoms with Gasteiger partial charge in [-0.2, -0.15) is 4.98 Å². The summed E-state index contributed by atoms with van der Waals surface area (Å²) < 4.78 is 16.8. The topological polar surface area (TPSA) is 57.4 Å². The largest absolute Gasteiger partial charge is 0.490 e. The van der Waals surface area contributed by atoms with Gasteiger partial charge in [0.05, 0.1) is 12.7 Å². The smallest absolute Gasteiger partial charge is 0.258 e. The predicted molar refractivity (Wildman–Crippen MR) is 80.8 cm³/mol. The third-order valence-corrected chi connectivity index (χ3v) is 4.42. The summed E-state index contributed by atoms with van der Waals surface area (Å²) >= 11 is 0. The highest BCUT2D eigenvalue weighted by Gasteiger charge is 2.23. The second-order valence-corrected chi connectivity index (χ2v) is 6.07. The van der Waals surface area contributed by atoms with Crippen molar-refractivity contribution in [3.63, 3.8) is 0 Å². The van der Waals surface area contributed by atoms with Crippen LogP contribution in [0.3, 0.4) is 0 Å². The lowest BCUT2D eigenvalue weighted by Gasteiger charge is -2.13. The number of nitrogens with zero attached hydrogens (tertiary/aromatic N) is 2. The zero-order valence-electron chi connectivity index (χ0n) is 12.5. The average molecular weight is 300 g/mol. The summed E-state index contributed by atoms with van der Waals surface area (Å²) in [6.07, 6.45) is 6.14. The molecule has 116 valence electrons. The van der Waals surface area contributed by atoms with Gasteiger partial charge in [-0.1, -0.05) is 11.2 Å². The molecule has 22 heavy (non-hydrogen) atoms. The van der Waals surface area contributed by atoms with E-state index in [0.717, 1.165) is 43.0 Å². The van der Waals surface area contributed by atoms with Gasteiger partial charge in [-0.15, -0.1) is 0 Å². The van der Waals surface area contributed by atoms with Crippen LogP contribution in [-0.4, -0.2) is 29.5 Å². The Morgan fingerprint density at radius 1 is 1.14 bits per heavy atom. The van der Waals surface area contributed by atoms with Gasteiger partial charge in [-0.3, -0.25) is 0 Å². The first-order chi connectivity index (χ1) is 10.9. The van der Waals surface area contributed by atoms with Crippen LogP contribution in [-0.2, 0) is 4.74 Å². The lowest BCUT2D eigenvalue weighted by Crippen LogP contribution is -2.10. The van der Waals surface area contributed by atoms with Gasteiger partial charge in [0.2, 0.25) is 0 Å². The van der Waals surface area contributed by atoms with Crippen molar-refractivity contribution in [1.29, 1.82) is 0 Å². The molecule has 2 heterocycles. The van der Waals surface area contributed by atoms with E-state index in [1.165, 1.54) is 12.8 Å². The first-order valence-corrected chi connectivity index (χ1v) is 8.07. The molecule has 1 unspecified atom stereocenters. The quantitative estimate of drug-likeness (QED) is 0.864. The SMILES string of the molecule is c1cc(OC2CCCC2)cc(-c2nc(C3CCOC3)no2)c1. The van der Waals surface area contributed by atoms with Crippen LogP contribution >= 0.6 is 0 Å². The molecule has 0 spiro atoms. The Morgan fingerprint density at radius 2 is 2.05 bits per heavy atom. The van der Waals surface area contributed by atoms with E-state index in [-0.39, 0.29) is 5.92 Å². The number of rotatable bonds is 4. The van der Waals surface area contributed by atoms with E-state index in [0.29, 0.717) is 18.6 Å². The van der Waals surface area contributed by atoms with E-state index in [2.05, 4.69) is 10.1 Å². The van der Waals surface area contributed by atoms with E-state index >= 15 is 0 Å². The molecule has 1 aliphatic heterocycles. The van der Waals surface area contributed by atoms with Crippen LogP contribution in [0.1, 0.15) is 43.8 Å². The molecular formula is C17H20N2O3. The Kier molecular flexibility index (Phi) is 3.81. The molecule has 0 radical (unpaired) electrons. The number of hydrogen-bond acceptors (Lipinski definition) is 5. The summed E-state index contributed by atoms with van der Waals surface area (Å²) in [5, 5.41) is 4.10. The molecule has 1 aromatic heterocycles. The van der Waals surface area contributed by atoms with Crippen molar-refractivity contribution in [1.82, 2.24) is 10.1 Å². The van der Waals surface area contributed by atoms with Gasteiger partial charge in [0, 0.05) is 18.1 Å². The highest BCUT2D eigenvalue weighted by molar-refractivity contribution is 5.55. The molecule has 1 aliphatic carbocycles. The fraction of sp³-hybridized carbons (Fsp3) is 0.529. The van der Waals surface area contributed by atoms with Crippen LogP contribution in [0.2, 0.25) is 0 Å². The van der Waals surface area contributed by atoms with Crippen LogP contribution in [0.5, 0.6) is 5.75 Å². The maximum absolute atomic E-state index is 6.03. The minimum atomic E-state index is 0.260. The van der Waals surface area contributed by atoms with Gasteiger partial charge in [-0.05, 0) is 50.3 Å². The third-order valence-electron chi connectivity index (χ3n) is 4.42. The number of benzene rings is 1. The summed E-state index contributed by atoms with van der Waals surface area (Å²) in [5.74, 6) is 2.44. The van der Waals surface area contributed by atoms with Gasteiger partial charge in [0.1, 0.15) is 5.75 Å². The van der Waals surface area contributed by atoms with Crippen LogP contribution in [0, 0.1) is 0 Å². The minimum absolute atomic E-state index is 0.260. The molecule has 0 bridgehead atoms. The molecule has 0 amide bonds. The fourth-order valence-electron chi connectivity index (χ4n) is 3.16. The first kappa shape index (κ1) is 13.8. The van der Waals surface area contributed by atoms with Crippen molar-refractivity contribution < 1.29 is 14.0 Å². The molecule has 2 aromatic rings. The van der Waals surface area contributed by atoms with E-state index in [1.54, 1.807) is 0 Å². The maximum atomic E-state index is 6.03. The molecule has 1 atom stereocenters. The van der Waals surface area contributed by atoms with Crippen LogP contribution in [0.25, 0.3) is 11.5 Å². The molecule has 1 aromatic carbocycles. The Hall–Kier alpha value is -1.88. The molecule has 2 aliphatic rings. The van der Waals surface area contributed by atoms with E-state index in [4.69, 9.17) is 14.0 Å². The molecule has 5 nitrogen and oxygen atoms in total. The number of aromatic nitrogens is 2. The molecule has 1 saturated heterocycles. The van der Waals surface area contributed by atoms with Gasteiger partial charge < -0.3 is 14.0 Å². The molecular weight excluding hydrogens is 280 g/mol. The van der Waals surface area contributed by atoms with Gasteiger partial charge in [0.15, 0.2) is 5.82 Å². The summed E-state index contributed by atoms with van der Waals surface area (Å²) in [4.78, 5) is 4.52. The van der Waals surface area contributed by atoms with Crippen molar-refractivity contribution in [2.24, 2.45) is 0 Å². The first-order valence-electron chi connectivity index (χ1n) is 8.07. The lowest BCUT2D eigenvalue weighted by molar-refractivity contribution is 0.192. The predicted octanol–water partition coefficient (Wildman–Crippen LogP) is 3.56. The van der Waals surface area contributed by atoms with Crippen molar-refractivity contribution in [2.45, 2.75) is 44.1 Å². The van der Waals surface area contributed by atoms with Crippen LogP contribution < -0.4 is 4.74 Å². The number of hydrogen-bond donors (Lipinski definition) is 0.